The van der Waals surface area contributed by atoms with Crippen molar-refractivity contribution in [3.63, 3.8) is 0 Å². The molecule has 0 saturated heterocycles. The van der Waals surface area contributed by atoms with Crippen molar-refractivity contribution >= 4 is 15.9 Å². The summed E-state index contributed by atoms with van der Waals surface area (Å²) in [6, 6.07) is 14.2. The minimum absolute atomic E-state index is 0.135. The molecule has 0 atom stereocenters. The highest BCUT2D eigenvalue weighted by atomic mass is 32.2. The highest BCUT2D eigenvalue weighted by molar-refractivity contribution is 7.89. The van der Waals surface area contributed by atoms with Crippen molar-refractivity contribution in [2.75, 3.05) is 19.7 Å². The fraction of sp³-hybridized carbons (Fsp3) is 0.278. The van der Waals surface area contributed by atoms with Crippen LogP contribution in [0.1, 0.15) is 11.1 Å². The Morgan fingerprint density at radius 2 is 1.83 bits per heavy atom. The average molecular weight is 344 g/mol. The molecule has 0 saturated carbocycles. The van der Waals surface area contributed by atoms with Crippen LogP contribution in [0.25, 0.3) is 0 Å². The summed E-state index contributed by atoms with van der Waals surface area (Å²) in [4.78, 5) is 4.58. The predicted octanol–water partition coefficient (Wildman–Crippen LogP) is 2.79. The van der Waals surface area contributed by atoms with Crippen molar-refractivity contribution in [2.45, 2.75) is 18.7 Å². The molecule has 0 unspecified atom stereocenters. The lowest BCUT2D eigenvalue weighted by atomic mass is 10.1. The molecular formula is C18H20N2O3S. The van der Waals surface area contributed by atoms with Crippen LogP contribution in [0.4, 0.5) is 0 Å². The van der Waals surface area contributed by atoms with E-state index in [1.54, 1.807) is 30.3 Å². The second kappa shape index (κ2) is 6.65. The topological polar surface area (TPSA) is 59.0 Å². The van der Waals surface area contributed by atoms with Gasteiger partial charge in [-0.1, -0.05) is 30.3 Å². The summed E-state index contributed by atoms with van der Waals surface area (Å²) in [5.74, 6) is 1.20. The quantitative estimate of drug-likeness (QED) is 0.838. The molecule has 2 aromatic carbocycles. The van der Waals surface area contributed by atoms with Crippen molar-refractivity contribution < 1.29 is 13.2 Å². The van der Waals surface area contributed by atoms with Crippen molar-refractivity contribution in [1.29, 1.82) is 0 Å². The Kier molecular flexibility index (Phi) is 4.57. The summed E-state index contributed by atoms with van der Waals surface area (Å²) < 4.78 is 32.7. The van der Waals surface area contributed by atoms with Gasteiger partial charge in [-0.25, -0.2) is 12.7 Å². The molecule has 126 valence electrons. The van der Waals surface area contributed by atoms with Crippen LogP contribution in [-0.4, -0.2) is 38.3 Å². The summed E-state index contributed by atoms with van der Waals surface area (Å²) in [6.07, 6.45) is 0. The van der Waals surface area contributed by atoms with E-state index in [1.165, 1.54) is 4.31 Å². The van der Waals surface area contributed by atoms with E-state index in [0.717, 1.165) is 16.9 Å². The van der Waals surface area contributed by atoms with E-state index < -0.39 is 10.0 Å². The third-order valence-corrected chi connectivity index (χ3v) is 5.97. The van der Waals surface area contributed by atoms with Crippen LogP contribution in [0.2, 0.25) is 0 Å². The molecule has 0 aromatic heterocycles. The number of aryl methyl sites for hydroxylation is 1. The summed E-state index contributed by atoms with van der Waals surface area (Å²) in [6.45, 7) is 4.94. The molecular weight excluding hydrogens is 324 g/mol. The Bertz CT molecular complexity index is 861. The molecule has 0 bridgehead atoms. The minimum Gasteiger partial charge on any atom is -0.485 e. The van der Waals surface area contributed by atoms with Gasteiger partial charge in [-0.15, -0.1) is 0 Å². The molecule has 0 fully saturated rings. The van der Waals surface area contributed by atoms with E-state index >= 15 is 0 Å². The fourth-order valence-corrected chi connectivity index (χ4v) is 4.06. The smallest absolute Gasteiger partial charge is 0.265 e. The van der Waals surface area contributed by atoms with Gasteiger partial charge in [0, 0.05) is 0 Å². The maximum Gasteiger partial charge on any atom is 0.265 e. The molecule has 6 heteroatoms. The number of nitrogens with zero attached hydrogens (tertiary/aromatic N) is 2. The summed E-state index contributed by atoms with van der Waals surface area (Å²) in [5, 5.41) is 0. The Balaban J connectivity index is 1.78. The summed E-state index contributed by atoms with van der Waals surface area (Å²) in [7, 11) is -3.59. The van der Waals surface area contributed by atoms with Gasteiger partial charge in [-0.2, -0.15) is 0 Å². The third-order valence-electron chi connectivity index (χ3n) is 4.13. The molecule has 2 aromatic rings. The van der Waals surface area contributed by atoms with Gasteiger partial charge < -0.3 is 4.74 Å². The molecule has 0 spiro atoms. The van der Waals surface area contributed by atoms with E-state index in [-0.39, 0.29) is 11.5 Å². The molecule has 0 radical (unpaired) electrons. The maximum absolute atomic E-state index is 12.8. The van der Waals surface area contributed by atoms with Crippen LogP contribution in [-0.2, 0) is 10.0 Å². The predicted molar refractivity (Wildman–Crippen MR) is 94.0 cm³/mol. The molecule has 24 heavy (non-hydrogen) atoms. The van der Waals surface area contributed by atoms with Gasteiger partial charge in [0.1, 0.15) is 12.4 Å². The Labute approximate surface area is 142 Å². The van der Waals surface area contributed by atoms with Gasteiger partial charge >= 0.3 is 0 Å². The zero-order chi connectivity index (χ0) is 17.2. The third kappa shape index (κ3) is 3.14. The largest absolute Gasteiger partial charge is 0.485 e. The van der Waals surface area contributed by atoms with Crippen molar-refractivity contribution in [1.82, 2.24) is 4.31 Å². The molecule has 1 aliphatic rings. The van der Waals surface area contributed by atoms with Crippen LogP contribution >= 0.6 is 0 Å². The summed E-state index contributed by atoms with van der Waals surface area (Å²) in [5.41, 5.74) is 2.18. The average Bonchev–Trinajstić information content (AvgIpc) is 3.06. The first-order valence-corrected chi connectivity index (χ1v) is 9.24. The Morgan fingerprint density at radius 1 is 1.08 bits per heavy atom. The molecule has 5 nitrogen and oxygen atoms in total. The van der Waals surface area contributed by atoms with Gasteiger partial charge in [-0.3, -0.25) is 4.99 Å². The number of aliphatic imine (C=N–C) groups is 1. The fourth-order valence-electron chi connectivity index (χ4n) is 2.60. The van der Waals surface area contributed by atoms with Gasteiger partial charge in [0.25, 0.3) is 10.0 Å². The number of sulfonamides is 1. The lowest BCUT2D eigenvalue weighted by Crippen LogP contribution is -2.37. The lowest BCUT2D eigenvalue weighted by Gasteiger charge is -2.21. The van der Waals surface area contributed by atoms with Gasteiger partial charge in [-0.05, 0) is 43.2 Å². The van der Waals surface area contributed by atoms with E-state index in [0.29, 0.717) is 18.9 Å². The van der Waals surface area contributed by atoms with Crippen LogP contribution in [0.15, 0.2) is 58.4 Å². The van der Waals surface area contributed by atoms with E-state index in [9.17, 15) is 8.42 Å². The monoisotopic (exact) mass is 344 g/mol. The maximum atomic E-state index is 12.8. The van der Waals surface area contributed by atoms with Gasteiger partial charge in [0.2, 0.25) is 0 Å². The first-order chi connectivity index (χ1) is 11.5. The zero-order valence-electron chi connectivity index (χ0n) is 13.8. The lowest BCUT2D eigenvalue weighted by molar-refractivity contribution is 0.363. The molecule has 3 rings (SSSR count). The minimum atomic E-state index is -3.59. The van der Waals surface area contributed by atoms with E-state index in [1.807, 2.05) is 32.0 Å². The van der Waals surface area contributed by atoms with Crippen molar-refractivity contribution in [2.24, 2.45) is 4.99 Å². The number of amidine groups is 1. The normalized spacial score (nSPS) is 14.6. The van der Waals surface area contributed by atoms with Crippen LogP contribution in [0, 0.1) is 13.8 Å². The van der Waals surface area contributed by atoms with Crippen LogP contribution < -0.4 is 4.74 Å². The standard InChI is InChI=1S/C18H20N2O3S/c1-14-7-6-10-17(15(14)2)23-13-18-19-11-12-20(18)24(21,22)16-8-4-3-5-9-16/h3-10H,11-13H2,1-2H3. The number of hydrogen-bond acceptors (Lipinski definition) is 4. The SMILES string of the molecule is Cc1cccc(OCC2=NCCN2S(=O)(=O)c2ccccc2)c1C. The Hall–Kier alpha value is -2.34. The molecule has 0 amide bonds. The van der Waals surface area contributed by atoms with Crippen LogP contribution in [0.3, 0.4) is 0 Å². The van der Waals surface area contributed by atoms with Crippen molar-refractivity contribution in [3.05, 3.63) is 59.7 Å². The van der Waals surface area contributed by atoms with Crippen molar-refractivity contribution in [3.8, 4) is 5.75 Å². The molecule has 1 aliphatic heterocycles. The number of ether oxygens (including phenoxy) is 1. The summed E-state index contributed by atoms with van der Waals surface area (Å²) >= 11 is 0. The highest BCUT2D eigenvalue weighted by Crippen LogP contribution is 2.22. The van der Waals surface area contributed by atoms with Crippen LogP contribution in [0.5, 0.6) is 5.75 Å². The number of rotatable bonds is 5. The molecule has 0 aliphatic carbocycles. The molecule has 1 heterocycles. The highest BCUT2D eigenvalue weighted by Gasteiger charge is 2.30. The number of benzene rings is 2. The first-order valence-electron chi connectivity index (χ1n) is 7.80. The first kappa shape index (κ1) is 16.5. The Morgan fingerprint density at radius 3 is 2.58 bits per heavy atom. The zero-order valence-corrected chi connectivity index (χ0v) is 14.6. The van der Waals surface area contributed by atoms with E-state index in [4.69, 9.17) is 4.74 Å². The molecule has 0 N–H and O–H groups in total. The van der Waals surface area contributed by atoms with Gasteiger partial charge in [0.05, 0.1) is 18.0 Å². The van der Waals surface area contributed by atoms with Gasteiger partial charge in [0.15, 0.2) is 5.84 Å². The van der Waals surface area contributed by atoms with E-state index in [2.05, 4.69) is 4.99 Å². The number of hydrogen-bond donors (Lipinski definition) is 0. The second-order valence-electron chi connectivity index (χ2n) is 5.67. The second-order valence-corrected chi connectivity index (χ2v) is 7.54.